The molecule has 1 aromatic heterocycles. The van der Waals surface area contributed by atoms with E-state index in [1.165, 1.54) is 12.1 Å². The van der Waals surface area contributed by atoms with Gasteiger partial charge in [0.2, 0.25) is 0 Å². The number of hydrogen-bond acceptors (Lipinski definition) is 4. The Morgan fingerprint density at radius 2 is 2.11 bits per heavy atom. The van der Waals surface area contributed by atoms with E-state index in [1.807, 2.05) is 11.0 Å². The summed E-state index contributed by atoms with van der Waals surface area (Å²) in [5.41, 5.74) is 0.762. The fourth-order valence-electron chi connectivity index (χ4n) is 3.38. The van der Waals surface area contributed by atoms with Crippen LogP contribution >= 0.6 is 0 Å². The van der Waals surface area contributed by atoms with E-state index in [0.29, 0.717) is 31.4 Å². The largest absolute Gasteiger partial charge is 0.493 e. The molecule has 27 heavy (non-hydrogen) atoms. The molecule has 2 aliphatic rings. The standard InChI is InChI=1S/C20H24FN3O3/c21-16-5-7-18(8-6-16)26-13-14-2-1-9-24(12-14)20(25)22-11-17-10-19(27-23-17)15-3-4-15/h5-8,10,14-15H,1-4,9,11-13H2,(H,22,25)/t14-/m1/s1. The highest BCUT2D eigenvalue weighted by atomic mass is 19.1. The molecule has 2 fully saturated rings. The molecule has 2 heterocycles. The van der Waals surface area contributed by atoms with Crippen molar-refractivity contribution in [2.45, 2.75) is 38.1 Å². The smallest absolute Gasteiger partial charge is 0.317 e. The van der Waals surface area contributed by atoms with Crippen molar-refractivity contribution < 1.29 is 18.4 Å². The minimum atomic E-state index is -0.278. The minimum Gasteiger partial charge on any atom is -0.493 e. The summed E-state index contributed by atoms with van der Waals surface area (Å²) < 4.78 is 24.0. The summed E-state index contributed by atoms with van der Waals surface area (Å²) in [6.07, 6.45) is 4.28. The van der Waals surface area contributed by atoms with Crippen LogP contribution in [0.4, 0.5) is 9.18 Å². The van der Waals surface area contributed by atoms with E-state index in [2.05, 4.69) is 10.5 Å². The number of rotatable bonds is 6. The van der Waals surface area contributed by atoms with Gasteiger partial charge in [0.25, 0.3) is 0 Å². The second-order valence-electron chi connectivity index (χ2n) is 7.37. The van der Waals surface area contributed by atoms with Crippen LogP contribution in [0.1, 0.15) is 43.1 Å². The average Bonchev–Trinajstić information content (AvgIpc) is 3.44. The van der Waals surface area contributed by atoms with Crippen LogP contribution in [0.3, 0.4) is 0 Å². The number of ether oxygens (including phenoxy) is 1. The summed E-state index contributed by atoms with van der Waals surface area (Å²) in [6, 6.07) is 7.86. The number of nitrogens with one attached hydrogen (secondary N) is 1. The van der Waals surface area contributed by atoms with Gasteiger partial charge in [-0.15, -0.1) is 0 Å². The highest BCUT2D eigenvalue weighted by molar-refractivity contribution is 5.74. The molecule has 0 unspecified atom stereocenters. The lowest BCUT2D eigenvalue weighted by molar-refractivity contribution is 0.137. The molecule has 2 aromatic rings. The molecule has 0 spiro atoms. The lowest BCUT2D eigenvalue weighted by Crippen LogP contribution is -2.46. The molecule has 1 aliphatic carbocycles. The molecular weight excluding hydrogens is 349 g/mol. The molecule has 1 saturated heterocycles. The first-order valence-electron chi connectivity index (χ1n) is 9.54. The third-order valence-electron chi connectivity index (χ3n) is 5.08. The molecular formula is C20H24FN3O3. The van der Waals surface area contributed by atoms with Gasteiger partial charge < -0.3 is 19.5 Å². The Morgan fingerprint density at radius 3 is 2.89 bits per heavy atom. The van der Waals surface area contributed by atoms with Gasteiger partial charge >= 0.3 is 6.03 Å². The molecule has 1 N–H and O–H groups in total. The Labute approximate surface area is 157 Å². The Morgan fingerprint density at radius 1 is 1.30 bits per heavy atom. The number of amides is 2. The molecule has 0 bridgehead atoms. The molecule has 0 radical (unpaired) electrons. The second-order valence-corrected chi connectivity index (χ2v) is 7.37. The van der Waals surface area contributed by atoms with Crippen molar-refractivity contribution in [3.05, 3.63) is 47.6 Å². The summed E-state index contributed by atoms with van der Waals surface area (Å²) in [4.78, 5) is 14.3. The summed E-state index contributed by atoms with van der Waals surface area (Å²) >= 11 is 0. The van der Waals surface area contributed by atoms with Crippen molar-refractivity contribution in [1.29, 1.82) is 0 Å². The highest BCUT2D eigenvalue weighted by Crippen LogP contribution is 2.40. The zero-order valence-corrected chi connectivity index (χ0v) is 15.2. The van der Waals surface area contributed by atoms with Gasteiger partial charge in [-0.1, -0.05) is 5.16 Å². The van der Waals surface area contributed by atoms with Crippen molar-refractivity contribution in [2.24, 2.45) is 5.92 Å². The molecule has 1 saturated carbocycles. The van der Waals surface area contributed by atoms with Crippen LogP contribution in [-0.2, 0) is 6.54 Å². The quantitative estimate of drug-likeness (QED) is 0.839. The fourth-order valence-corrected chi connectivity index (χ4v) is 3.38. The summed E-state index contributed by atoms with van der Waals surface area (Å²) in [7, 11) is 0. The summed E-state index contributed by atoms with van der Waals surface area (Å²) in [6.45, 7) is 2.29. The van der Waals surface area contributed by atoms with E-state index in [-0.39, 0.29) is 17.8 Å². The Bertz CT molecular complexity index is 773. The van der Waals surface area contributed by atoms with Gasteiger partial charge in [-0.2, -0.15) is 0 Å². The van der Waals surface area contributed by atoms with E-state index >= 15 is 0 Å². The number of aromatic nitrogens is 1. The Balaban J connectivity index is 1.23. The molecule has 4 rings (SSSR count). The minimum absolute atomic E-state index is 0.0857. The molecule has 2 amide bonds. The van der Waals surface area contributed by atoms with Gasteiger partial charge in [0, 0.05) is 31.0 Å². The molecule has 1 aromatic carbocycles. The third-order valence-corrected chi connectivity index (χ3v) is 5.08. The number of likely N-dealkylation sites (tertiary alicyclic amines) is 1. The van der Waals surface area contributed by atoms with Crippen LogP contribution in [0.2, 0.25) is 0 Å². The summed E-state index contributed by atoms with van der Waals surface area (Å²) in [5, 5.41) is 6.95. The van der Waals surface area contributed by atoms with Gasteiger partial charge in [0.05, 0.1) is 13.2 Å². The van der Waals surface area contributed by atoms with Crippen LogP contribution < -0.4 is 10.1 Å². The van der Waals surface area contributed by atoms with Gasteiger partial charge in [0.1, 0.15) is 23.0 Å². The topological polar surface area (TPSA) is 67.6 Å². The molecule has 1 atom stereocenters. The van der Waals surface area contributed by atoms with Crippen LogP contribution in [0, 0.1) is 11.7 Å². The zero-order chi connectivity index (χ0) is 18.6. The Hall–Kier alpha value is -2.57. The fraction of sp³-hybridized carbons (Fsp3) is 0.500. The first kappa shape index (κ1) is 17.8. The number of piperidine rings is 1. The third kappa shape index (κ3) is 4.78. The number of benzene rings is 1. The van der Waals surface area contributed by atoms with Crippen molar-refractivity contribution in [1.82, 2.24) is 15.4 Å². The summed E-state index contributed by atoms with van der Waals surface area (Å²) in [5.74, 6) is 2.08. The number of carbonyl (C=O) groups is 1. The van der Waals surface area contributed by atoms with Gasteiger partial charge in [-0.3, -0.25) is 0 Å². The van der Waals surface area contributed by atoms with E-state index < -0.39 is 0 Å². The lowest BCUT2D eigenvalue weighted by Gasteiger charge is -2.32. The zero-order valence-electron chi connectivity index (χ0n) is 15.2. The first-order chi connectivity index (χ1) is 13.2. The van der Waals surface area contributed by atoms with Crippen molar-refractivity contribution >= 4 is 6.03 Å². The van der Waals surface area contributed by atoms with Crippen LogP contribution in [0.5, 0.6) is 5.75 Å². The van der Waals surface area contributed by atoms with E-state index in [1.54, 1.807) is 12.1 Å². The second kappa shape index (κ2) is 7.98. The Kier molecular flexibility index (Phi) is 5.27. The number of hydrogen-bond donors (Lipinski definition) is 1. The van der Waals surface area contributed by atoms with Crippen molar-refractivity contribution in [3.8, 4) is 5.75 Å². The van der Waals surface area contributed by atoms with Crippen molar-refractivity contribution in [3.63, 3.8) is 0 Å². The number of halogens is 1. The van der Waals surface area contributed by atoms with E-state index in [9.17, 15) is 9.18 Å². The maximum atomic E-state index is 12.9. The van der Waals surface area contributed by atoms with Crippen molar-refractivity contribution in [2.75, 3.05) is 19.7 Å². The molecule has 6 nitrogen and oxygen atoms in total. The predicted molar refractivity (Wildman–Crippen MR) is 96.9 cm³/mol. The van der Waals surface area contributed by atoms with Crippen LogP contribution in [0.25, 0.3) is 0 Å². The number of urea groups is 1. The lowest BCUT2D eigenvalue weighted by atomic mass is 9.99. The maximum Gasteiger partial charge on any atom is 0.317 e. The monoisotopic (exact) mass is 373 g/mol. The van der Waals surface area contributed by atoms with E-state index in [4.69, 9.17) is 9.26 Å². The predicted octanol–water partition coefficient (Wildman–Crippen LogP) is 3.69. The maximum absolute atomic E-state index is 12.9. The number of carbonyl (C=O) groups excluding carboxylic acids is 1. The number of nitrogens with zero attached hydrogens (tertiary/aromatic N) is 2. The van der Waals surface area contributed by atoms with Crippen LogP contribution in [0.15, 0.2) is 34.9 Å². The molecule has 1 aliphatic heterocycles. The average molecular weight is 373 g/mol. The molecule has 7 heteroatoms. The first-order valence-corrected chi connectivity index (χ1v) is 9.54. The molecule has 144 valence electrons. The van der Waals surface area contributed by atoms with Gasteiger partial charge in [0.15, 0.2) is 0 Å². The normalized spacial score (nSPS) is 19.7. The highest BCUT2D eigenvalue weighted by Gasteiger charge is 2.28. The van der Waals surface area contributed by atoms with Crippen LogP contribution in [-0.4, -0.2) is 35.8 Å². The SMILES string of the molecule is O=C(NCc1cc(C2CC2)on1)N1CCC[C@@H](COc2ccc(F)cc2)C1. The van der Waals surface area contributed by atoms with E-state index in [0.717, 1.165) is 43.7 Å². The van der Waals surface area contributed by atoms with Gasteiger partial charge in [-0.05, 0) is 49.9 Å². The van der Waals surface area contributed by atoms with Gasteiger partial charge in [-0.25, -0.2) is 9.18 Å².